The Morgan fingerprint density at radius 1 is 1.32 bits per heavy atom. The van der Waals surface area contributed by atoms with E-state index in [1.54, 1.807) is 4.90 Å². The molecule has 2 rings (SSSR count). The zero-order valence-electron chi connectivity index (χ0n) is 12.8. The van der Waals surface area contributed by atoms with Crippen LogP contribution in [0.25, 0.3) is 0 Å². The highest BCUT2D eigenvalue weighted by Crippen LogP contribution is 2.28. The van der Waals surface area contributed by atoms with Crippen molar-refractivity contribution in [2.45, 2.75) is 37.6 Å². The van der Waals surface area contributed by atoms with Crippen LogP contribution >= 0.6 is 0 Å². The molecule has 0 saturated carbocycles. The second-order valence-corrected chi connectivity index (χ2v) is 7.07. The van der Waals surface area contributed by atoms with E-state index in [0.717, 1.165) is 10.4 Å². The molecule has 0 radical (unpaired) electrons. The van der Waals surface area contributed by atoms with E-state index in [-0.39, 0.29) is 17.3 Å². The van der Waals surface area contributed by atoms with E-state index in [4.69, 9.17) is 0 Å². The first kappa shape index (κ1) is 16.9. The summed E-state index contributed by atoms with van der Waals surface area (Å²) < 4.78 is 40.4. The lowest BCUT2D eigenvalue weighted by molar-refractivity contribution is -0.134. The van der Waals surface area contributed by atoms with E-state index in [9.17, 15) is 17.6 Å². The summed E-state index contributed by atoms with van der Waals surface area (Å²) in [7, 11) is -4.00. The zero-order chi connectivity index (χ0) is 16.3. The number of hydrogen-bond acceptors (Lipinski definition) is 3. The summed E-state index contributed by atoms with van der Waals surface area (Å²) in [6.45, 7) is 5.01. The first-order chi connectivity index (χ1) is 10.4. The number of carbonyl (C=O) groups excluding carboxylic acids is 1. The molecule has 1 fully saturated rings. The third-order valence-electron chi connectivity index (χ3n) is 3.99. The van der Waals surface area contributed by atoms with Crippen LogP contribution in [0, 0.1) is 5.82 Å². The van der Waals surface area contributed by atoms with Crippen molar-refractivity contribution in [2.75, 3.05) is 19.6 Å². The summed E-state index contributed by atoms with van der Waals surface area (Å²) in [6, 6.07) is 4.54. The molecule has 0 spiro atoms. The molecule has 0 aromatic heterocycles. The molecule has 1 amide bonds. The lowest BCUT2D eigenvalue weighted by Gasteiger charge is -2.28. The molecule has 0 bridgehead atoms. The highest BCUT2D eigenvalue weighted by atomic mass is 32.2. The van der Waals surface area contributed by atoms with Gasteiger partial charge in [-0.1, -0.05) is 12.1 Å². The second-order valence-electron chi connectivity index (χ2n) is 5.21. The maximum Gasteiger partial charge on any atom is 0.246 e. The Kier molecular flexibility index (Phi) is 5.18. The van der Waals surface area contributed by atoms with Crippen LogP contribution in [0.5, 0.6) is 0 Å². The van der Waals surface area contributed by atoms with Crippen molar-refractivity contribution in [2.24, 2.45) is 0 Å². The van der Waals surface area contributed by atoms with E-state index in [1.165, 1.54) is 18.2 Å². The monoisotopic (exact) mass is 328 g/mol. The molecule has 0 aliphatic carbocycles. The Bertz CT molecular complexity index is 644. The van der Waals surface area contributed by atoms with Gasteiger partial charge in [-0.25, -0.2) is 12.8 Å². The molecule has 1 aromatic carbocycles. The highest BCUT2D eigenvalue weighted by molar-refractivity contribution is 7.89. The van der Waals surface area contributed by atoms with Crippen LogP contribution in [-0.2, 0) is 14.8 Å². The molecule has 0 N–H and O–H groups in total. The van der Waals surface area contributed by atoms with E-state index < -0.39 is 21.9 Å². The van der Waals surface area contributed by atoms with E-state index in [2.05, 4.69) is 0 Å². The average Bonchev–Trinajstić information content (AvgIpc) is 2.99. The zero-order valence-corrected chi connectivity index (χ0v) is 13.6. The number of benzene rings is 1. The Balaban J connectivity index is 2.34. The van der Waals surface area contributed by atoms with Gasteiger partial charge in [-0.15, -0.1) is 0 Å². The fraction of sp³-hybridized carbons (Fsp3) is 0.533. The topological polar surface area (TPSA) is 57.7 Å². The third-order valence-corrected chi connectivity index (χ3v) is 5.93. The van der Waals surface area contributed by atoms with Crippen molar-refractivity contribution in [3.63, 3.8) is 0 Å². The van der Waals surface area contributed by atoms with Gasteiger partial charge in [0.1, 0.15) is 16.8 Å². The molecule has 5 nitrogen and oxygen atoms in total. The van der Waals surface area contributed by atoms with Gasteiger partial charge in [0, 0.05) is 19.6 Å². The minimum absolute atomic E-state index is 0.206. The number of sulfonamides is 1. The Morgan fingerprint density at radius 3 is 2.55 bits per heavy atom. The van der Waals surface area contributed by atoms with Gasteiger partial charge in [-0.05, 0) is 38.8 Å². The lowest BCUT2D eigenvalue weighted by Crippen LogP contribution is -2.47. The molecule has 1 unspecified atom stereocenters. The van der Waals surface area contributed by atoms with Gasteiger partial charge in [0.15, 0.2) is 0 Å². The van der Waals surface area contributed by atoms with Gasteiger partial charge >= 0.3 is 0 Å². The van der Waals surface area contributed by atoms with Crippen molar-refractivity contribution in [1.82, 2.24) is 9.21 Å². The van der Waals surface area contributed by atoms with Crippen molar-refractivity contribution in [3.05, 3.63) is 30.1 Å². The number of likely N-dealkylation sites (N-methyl/N-ethyl adjacent to an activating group) is 1. The van der Waals surface area contributed by atoms with E-state index in [0.29, 0.717) is 25.9 Å². The fourth-order valence-electron chi connectivity index (χ4n) is 2.80. The molecule has 122 valence electrons. The first-order valence-corrected chi connectivity index (χ1v) is 8.92. The minimum atomic E-state index is -4.00. The predicted octanol–water partition coefficient (Wildman–Crippen LogP) is 1.85. The first-order valence-electron chi connectivity index (χ1n) is 7.48. The van der Waals surface area contributed by atoms with Gasteiger partial charge in [0.05, 0.1) is 0 Å². The molecule has 1 aliphatic rings. The molecule has 1 aliphatic heterocycles. The predicted molar refractivity (Wildman–Crippen MR) is 81.2 cm³/mol. The summed E-state index contributed by atoms with van der Waals surface area (Å²) in [5.41, 5.74) is 0. The van der Waals surface area contributed by atoms with Gasteiger partial charge < -0.3 is 4.90 Å². The highest BCUT2D eigenvalue weighted by Gasteiger charge is 2.41. The Morgan fingerprint density at radius 2 is 1.95 bits per heavy atom. The van der Waals surface area contributed by atoms with Crippen LogP contribution in [0.15, 0.2) is 29.2 Å². The summed E-state index contributed by atoms with van der Waals surface area (Å²) in [4.78, 5) is 13.8. The summed E-state index contributed by atoms with van der Waals surface area (Å²) >= 11 is 0. The van der Waals surface area contributed by atoms with Crippen LogP contribution in [0.3, 0.4) is 0 Å². The van der Waals surface area contributed by atoms with Crippen molar-refractivity contribution < 1.29 is 17.6 Å². The average molecular weight is 328 g/mol. The number of amides is 1. The molecule has 1 saturated heterocycles. The van der Waals surface area contributed by atoms with Crippen molar-refractivity contribution in [3.8, 4) is 0 Å². The van der Waals surface area contributed by atoms with Crippen LogP contribution in [-0.4, -0.2) is 49.2 Å². The SMILES string of the molecule is CCN(CC)C(=O)C1CCCN1S(=O)(=O)c1ccccc1F. The molecule has 22 heavy (non-hydrogen) atoms. The number of rotatable bonds is 5. The summed E-state index contributed by atoms with van der Waals surface area (Å²) in [5, 5.41) is 0. The number of nitrogens with zero attached hydrogens (tertiary/aromatic N) is 2. The quantitative estimate of drug-likeness (QED) is 0.829. The normalized spacial score (nSPS) is 19.3. The Labute approximate surface area is 130 Å². The van der Waals surface area contributed by atoms with Crippen LogP contribution < -0.4 is 0 Å². The van der Waals surface area contributed by atoms with Gasteiger partial charge in [0.2, 0.25) is 15.9 Å². The minimum Gasteiger partial charge on any atom is -0.342 e. The standard InChI is InChI=1S/C15H21FN2O3S/c1-3-17(4-2)15(19)13-9-7-11-18(13)22(20,21)14-10-6-5-8-12(14)16/h5-6,8,10,13H,3-4,7,9,11H2,1-2H3. The van der Waals surface area contributed by atoms with E-state index >= 15 is 0 Å². The Hall–Kier alpha value is -1.47. The summed E-state index contributed by atoms with van der Waals surface area (Å²) in [5.74, 6) is -0.995. The van der Waals surface area contributed by atoms with Gasteiger partial charge in [-0.3, -0.25) is 4.79 Å². The molecule has 1 heterocycles. The van der Waals surface area contributed by atoms with Crippen LogP contribution in [0.2, 0.25) is 0 Å². The summed E-state index contributed by atoms with van der Waals surface area (Å²) in [6.07, 6.45) is 1.08. The fourth-order valence-corrected chi connectivity index (χ4v) is 4.52. The molecular formula is C15H21FN2O3S. The lowest BCUT2D eigenvalue weighted by atomic mass is 10.2. The number of hydrogen-bond donors (Lipinski definition) is 0. The van der Waals surface area contributed by atoms with E-state index in [1.807, 2.05) is 13.8 Å². The second kappa shape index (κ2) is 6.75. The smallest absolute Gasteiger partial charge is 0.246 e. The largest absolute Gasteiger partial charge is 0.342 e. The molecule has 1 aromatic rings. The van der Waals surface area contributed by atoms with Crippen LogP contribution in [0.1, 0.15) is 26.7 Å². The molecule has 1 atom stereocenters. The van der Waals surface area contributed by atoms with Crippen molar-refractivity contribution >= 4 is 15.9 Å². The van der Waals surface area contributed by atoms with Crippen molar-refractivity contribution in [1.29, 1.82) is 0 Å². The molecular weight excluding hydrogens is 307 g/mol. The number of halogens is 1. The maximum atomic E-state index is 13.9. The van der Waals surface area contributed by atoms with Crippen LogP contribution in [0.4, 0.5) is 4.39 Å². The maximum absolute atomic E-state index is 13.9. The van der Waals surface area contributed by atoms with Gasteiger partial charge in [-0.2, -0.15) is 4.31 Å². The molecule has 7 heteroatoms. The van der Waals surface area contributed by atoms with Gasteiger partial charge in [0.25, 0.3) is 0 Å². The third kappa shape index (κ3) is 3.01. The number of carbonyl (C=O) groups is 1.